The number of aliphatic carboxylic acids is 1. The molecule has 0 aliphatic rings. The average molecular weight is 471 g/mol. The third-order valence-electron chi connectivity index (χ3n) is 5.81. The summed E-state index contributed by atoms with van der Waals surface area (Å²) in [5.41, 5.74) is 5.07. The van der Waals surface area contributed by atoms with E-state index >= 15 is 0 Å². The first-order chi connectivity index (χ1) is 15.8. The molecule has 4 N–H and O–H groups in total. The number of nitrogens with two attached hydrogens (primary N) is 1. The highest BCUT2D eigenvalue weighted by Gasteiger charge is 2.11. The molecule has 0 aromatic heterocycles. The minimum Gasteiger partial charge on any atom is -0.481 e. The van der Waals surface area contributed by atoms with Crippen LogP contribution in [0.5, 0.6) is 0 Å². The number of primary amides is 1. The van der Waals surface area contributed by atoms with E-state index in [1.165, 1.54) is 89.9 Å². The summed E-state index contributed by atoms with van der Waals surface area (Å²) in [5, 5.41) is 11.0. The zero-order valence-corrected chi connectivity index (χ0v) is 22.0. The minimum absolute atomic E-state index is 0.0748. The number of nitrogens with one attached hydrogen (secondary N) is 1. The fourth-order valence-electron chi connectivity index (χ4n) is 3.57. The van der Waals surface area contributed by atoms with Crippen molar-refractivity contribution in [2.24, 2.45) is 5.73 Å². The molecule has 0 spiro atoms. The van der Waals surface area contributed by atoms with E-state index < -0.39 is 17.9 Å². The van der Waals surface area contributed by atoms with Gasteiger partial charge < -0.3 is 16.2 Å². The van der Waals surface area contributed by atoms with Gasteiger partial charge >= 0.3 is 5.97 Å². The van der Waals surface area contributed by atoms with Crippen LogP contribution in [0.1, 0.15) is 149 Å². The molecule has 0 rings (SSSR count). The molecule has 0 aromatic carbocycles. The van der Waals surface area contributed by atoms with Gasteiger partial charge in [0.15, 0.2) is 0 Å². The van der Waals surface area contributed by atoms with Crippen molar-refractivity contribution in [1.29, 1.82) is 0 Å². The molecule has 0 aliphatic carbocycles. The predicted octanol–water partition coefficient (Wildman–Crippen LogP) is 6.89. The highest BCUT2D eigenvalue weighted by molar-refractivity contribution is 5.86. The first-order valence-corrected chi connectivity index (χ1v) is 13.7. The second-order valence-corrected chi connectivity index (χ2v) is 9.24. The van der Waals surface area contributed by atoms with Crippen molar-refractivity contribution >= 4 is 17.8 Å². The maximum absolute atomic E-state index is 11.4. The molecule has 0 heterocycles. The van der Waals surface area contributed by atoms with Crippen LogP contribution in [0.25, 0.3) is 0 Å². The maximum Gasteiger partial charge on any atom is 0.303 e. The van der Waals surface area contributed by atoms with Gasteiger partial charge in [0, 0.05) is 12.8 Å². The largest absolute Gasteiger partial charge is 0.481 e. The number of unbranched alkanes of at least 4 members (excludes halogenated alkanes) is 16. The quantitative estimate of drug-likeness (QED) is 0.150. The Morgan fingerprint density at radius 3 is 1.30 bits per heavy atom. The van der Waals surface area contributed by atoms with Gasteiger partial charge in [-0.1, -0.05) is 117 Å². The van der Waals surface area contributed by atoms with Gasteiger partial charge in [0.05, 0.1) is 0 Å². The SMILES string of the molecule is CCCCCCCCCCCC(=O)NC(C)C(N)=O.CCCCCCCCCCCC(=O)O. The van der Waals surface area contributed by atoms with E-state index in [0.717, 1.165) is 25.7 Å². The van der Waals surface area contributed by atoms with E-state index in [1.54, 1.807) is 6.92 Å². The van der Waals surface area contributed by atoms with Gasteiger partial charge in [-0.15, -0.1) is 0 Å². The molecule has 6 nitrogen and oxygen atoms in total. The smallest absolute Gasteiger partial charge is 0.303 e. The van der Waals surface area contributed by atoms with E-state index in [2.05, 4.69) is 19.2 Å². The topological polar surface area (TPSA) is 109 Å². The molecular weight excluding hydrogens is 416 g/mol. The predicted molar refractivity (Wildman–Crippen MR) is 138 cm³/mol. The third kappa shape index (κ3) is 30.4. The van der Waals surface area contributed by atoms with Crippen LogP contribution < -0.4 is 11.1 Å². The molecule has 2 amide bonds. The fourth-order valence-corrected chi connectivity index (χ4v) is 3.57. The van der Waals surface area contributed by atoms with Gasteiger partial charge in [0.2, 0.25) is 11.8 Å². The van der Waals surface area contributed by atoms with Gasteiger partial charge in [0.1, 0.15) is 6.04 Å². The summed E-state index contributed by atoms with van der Waals surface area (Å²) in [5.74, 6) is -1.22. The lowest BCUT2D eigenvalue weighted by Crippen LogP contribution is -2.42. The Bertz CT molecular complexity index is 469. The molecule has 6 heteroatoms. The molecule has 0 radical (unpaired) electrons. The first kappa shape index (κ1) is 33.6. The molecule has 0 aliphatic heterocycles. The Morgan fingerprint density at radius 1 is 0.636 bits per heavy atom. The van der Waals surface area contributed by atoms with Crippen molar-refractivity contribution in [3.05, 3.63) is 0 Å². The Morgan fingerprint density at radius 2 is 0.970 bits per heavy atom. The summed E-state index contributed by atoms with van der Waals surface area (Å²) in [7, 11) is 0. The number of carbonyl (C=O) groups excluding carboxylic acids is 2. The monoisotopic (exact) mass is 470 g/mol. The normalized spacial score (nSPS) is 11.4. The number of rotatable bonds is 22. The molecule has 0 saturated carbocycles. The Kier molecular flexibility index (Phi) is 27.1. The number of hydrogen-bond donors (Lipinski definition) is 3. The number of hydrogen-bond acceptors (Lipinski definition) is 3. The van der Waals surface area contributed by atoms with Crippen LogP contribution >= 0.6 is 0 Å². The molecule has 33 heavy (non-hydrogen) atoms. The van der Waals surface area contributed by atoms with Crippen LogP contribution in [-0.2, 0) is 14.4 Å². The fraction of sp³-hybridized carbons (Fsp3) is 0.889. The highest BCUT2D eigenvalue weighted by atomic mass is 16.4. The zero-order chi connectivity index (χ0) is 25.2. The lowest BCUT2D eigenvalue weighted by Gasteiger charge is -2.09. The standard InChI is InChI=1S/C15H30N2O2.C12H24O2/c1-3-4-5-6-7-8-9-10-11-12-14(18)17-13(2)15(16)19;1-2-3-4-5-6-7-8-9-10-11-12(13)14/h13H,3-12H2,1-2H3,(H2,16,19)(H,17,18);2-11H2,1H3,(H,13,14). The Hall–Kier alpha value is -1.59. The second kappa shape index (κ2) is 26.7. The summed E-state index contributed by atoms with van der Waals surface area (Å²) in [6.07, 6.45) is 23.1. The summed E-state index contributed by atoms with van der Waals surface area (Å²) < 4.78 is 0. The summed E-state index contributed by atoms with van der Waals surface area (Å²) in [4.78, 5) is 32.4. The highest BCUT2D eigenvalue weighted by Crippen LogP contribution is 2.11. The third-order valence-corrected chi connectivity index (χ3v) is 5.81. The number of carboxylic acid groups (broad SMARTS) is 1. The van der Waals surface area contributed by atoms with Crippen molar-refractivity contribution in [3.8, 4) is 0 Å². The van der Waals surface area contributed by atoms with Gasteiger partial charge in [-0.05, 0) is 19.8 Å². The van der Waals surface area contributed by atoms with Crippen molar-refractivity contribution in [2.75, 3.05) is 0 Å². The van der Waals surface area contributed by atoms with Gasteiger partial charge in [-0.25, -0.2) is 0 Å². The summed E-state index contributed by atoms with van der Waals surface area (Å²) in [6.45, 7) is 6.06. The van der Waals surface area contributed by atoms with Gasteiger partial charge in [-0.2, -0.15) is 0 Å². The Balaban J connectivity index is 0. The van der Waals surface area contributed by atoms with E-state index in [-0.39, 0.29) is 5.91 Å². The summed E-state index contributed by atoms with van der Waals surface area (Å²) in [6, 6.07) is -0.564. The lowest BCUT2D eigenvalue weighted by molar-refractivity contribution is -0.137. The lowest BCUT2D eigenvalue weighted by atomic mass is 10.1. The van der Waals surface area contributed by atoms with Crippen molar-refractivity contribution in [3.63, 3.8) is 0 Å². The number of carboxylic acids is 1. The van der Waals surface area contributed by atoms with E-state index in [4.69, 9.17) is 10.8 Å². The molecular formula is C27H54N2O4. The Labute approximate surface area is 203 Å². The van der Waals surface area contributed by atoms with Crippen LogP contribution in [0, 0.1) is 0 Å². The van der Waals surface area contributed by atoms with E-state index in [1.807, 2.05) is 0 Å². The number of carbonyl (C=O) groups is 3. The van der Waals surface area contributed by atoms with Crippen LogP contribution in [0.3, 0.4) is 0 Å². The molecule has 1 unspecified atom stereocenters. The van der Waals surface area contributed by atoms with Crippen molar-refractivity contribution < 1.29 is 19.5 Å². The zero-order valence-electron chi connectivity index (χ0n) is 22.0. The molecule has 0 aromatic rings. The number of amides is 2. The minimum atomic E-state index is -0.659. The molecule has 0 fully saturated rings. The van der Waals surface area contributed by atoms with Crippen LogP contribution in [0.2, 0.25) is 0 Å². The van der Waals surface area contributed by atoms with Crippen LogP contribution in [-0.4, -0.2) is 28.9 Å². The molecule has 1 atom stereocenters. The van der Waals surface area contributed by atoms with Gasteiger partial charge in [-0.3, -0.25) is 14.4 Å². The second-order valence-electron chi connectivity index (χ2n) is 9.24. The van der Waals surface area contributed by atoms with Crippen LogP contribution in [0.15, 0.2) is 0 Å². The molecule has 0 saturated heterocycles. The van der Waals surface area contributed by atoms with E-state index in [0.29, 0.717) is 12.8 Å². The molecule has 0 bridgehead atoms. The first-order valence-electron chi connectivity index (χ1n) is 13.7. The van der Waals surface area contributed by atoms with Crippen molar-refractivity contribution in [1.82, 2.24) is 5.32 Å². The average Bonchev–Trinajstić information content (AvgIpc) is 2.77. The summed E-state index contributed by atoms with van der Waals surface area (Å²) >= 11 is 0. The van der Waals surface area contributed by atoms with Gasteiger partial charge in [0.25, 0.3) is 0 Å². The van der Waals surface area contributed by atoms with Crippen molar-refractivity contribution in [2.45, 2.75) is 155 Å². The molecule has 196 valence electrons. The van der Waals surface area contributed by atoms with Crippen LogP contribution in [0.4, 0.5) is 0 Å². The maximum atomic E-state index is 11.4. The van der Waals surface area contributed by atoms with E-state index in [9.17, 15) is 14.4 Å².